The summed E-state index contributed by atoms with van der Waals surface area (Å²) in [6.45, 7) is 7.44. The minimum Gasteiger partial charge on any atom is -0.310 e. The molecule has 1 unspecified atom stereocenters. The number of hydrogen-bond donors (Lipinski definition) is 1. The molecule has 1 saturated carbocycles. The molecule has 1 aliphatic carbocycles. The summed E-state index contributed by atoms with van der Waals surface area (Å²) in [7, 11) is 0. The first-order chi connectivity index (χ1) is 5.34. The third-order valence-electron chi connectivity index (χ3n) is 2.37. The van der Waals surface area contributed by atoms with Crippen molar-refractivity contribution in [2.45, 2.75) is 45.1 Å². The van der Waals surface area contributed by atoms with Crippen molar-refractivity contribution in [3.8, 4) is 0 Å². The van der Waals surface area contributed by atoms with Crippen molar-refractivity contribution in [1.29, 1.82) is 0 Å². The molecule has 0 saturated heterocycles. The van der Waals surface area contributed by atoms with Crippen LogP contribution in [0.15, 0.2) is 12.2 Å². The first-order valence-corrected chi connectivity index (χ1v) is 4.75. The monoisotopic (exact) mass is 153 g/mol. The lowest BCUT2D eigenvalue weighted by Gasteiger charge is -2.25. The second-order valence-corrected chi connectivity index (χ2v) is 3.41. The maximum absolute atomic E-state index is 4.09. The number of nitrogens with one attached hydrogen (secondary N) is 1. The summed E-state index contributed by atoms with van der Waals surface area (Å²) in [5, 5.41) is 3.52. The zero-order valence-corrected chi connectivity index (χ0v) is 7.53. The van der Waals surface area contributed by atoms with E-state index in [1.165, 1.54) is 37.7 Å². The van der Waals surface area contributed by atoms with Crippen molar-refractivity contribution < 1.29 is 0 Å². The van der Waals surface area contributed by atoms with Gasteiger partial charge in [0.1, 0.15) is 0 Å². The summed E-state index contributed by atoms with van der Waals surface area (Å²) >= 11 is 0. The van der Waals surface area contributed by atoms with Gasteiger partial charge in [-0.3, -0.25) is 0 Å². The largest absolute Gasteiger partial charge is 0.310 e. The van der Waals surface area contributed by atoms with Gasteiger partial charge >= 0.3 is 0 Å². The third-order valence-corrected chi connectivity index (χ3v) is 2.37. The zero-order chi connectivity index (χ0) is 8.10. The van der Waals surface area contributed by atoms with Crippen LogP contribution in [-0.4, -0.2) is 12.6 Å². The van der Waals surface area contributed by atoms with Crippen molar-refractivity contribution in [2.75, 3.05) is 6.54 Å². The molecule has 0 radical (unpaired) electrons. The molecule has 0 heterocycles. The van der Waals surface area contributed by atoms with E-state index in [2.05, 4.69) is 18.8 Å². The Balaban J connectivity index is 2.24. The van der Waals surface area contributed by atoms with Gasteiger partial charge in [0.05, 0.1) is 0 Å². The van der Waals surface area contributed by atoms with E-state index in [0.717, 1.165) is 6.54 Å². The molecule has 0 aromatic heterocycles. The summed E-state index contributed by atoms with van der Waals surface area (Å²) in [6.07, 6.45) is 6.49. The zero-order valence-electron chi connectivity index (χ0n) is 7.53. The van der Waals surface area contributed by atoms with Gasteiger partial charge < -0.3 is 5.32 Å². The van der Waals surface area contributed by atoms with Crippen LogP contribution in [0.3, 0.4) is 0 Å². The van der Waals surface area contributed by atoms with Crippen molar-refractivity contribution in [1.82, 2.24) is 5.32 Å². The number of hydrogen-bond acceptors (Lipinski definition) is 1. The molecule has 0 aromatic rings. The van der Waals surface area contributed by atoms with E-state index in [1.54, 1.807) is 0 Å². The molecule has 0 aromatic carbocycles. The first-order valence-electron chi connectivity index (χ1n) is 4.75. The standard InChI is InChI=1S/C10H19N/c1-3-8-11-10-7-5-4-6-9(10)2/h10-11H,2-8H2,1H3. The van der Waals surface area contributed by atoms with E-state index in [1.807, 2.05) is 0 Å². The second kappa shape index (κ2) is 4.55. The van der Waals surface area contributed by atoms with Gasteiger partial charge in [0, 0.05) is 6.04 Å². The van der Waals surface area contributed by atoms with Crippen molar-refractivity contribution in [2.24, 2.45) is 0 Å². The fraction of sp³-hybridized carbons (Fsp3) is 0.800. The minimum absolute atomic E-state index is 0.628. The van der Waals surface area contributed by atoms with Gasteiger partial charge in [-0.25, -0.2) is 0 Å². The van der Waals surface area contributed by atoms with Crippen LogP contribution in [0.25, 0.3) is 0 Å². The van der Waals surface area contributed by atoms with E-state index in [-0.39, 0.29) is 0 Å². The van der Waals surface area contributed by atoms with Gasteiger partial charge in [0.15, 0.2) is 0 Å². The molecule has 11 heavy (non-hydrogen) atoms. The van der Waals surface area contributed by atoms with Gasteiger partial charge in [-0.05, 0) is 32.2 Å². The smallest absolute Gasteiger partial charge is 0.0276 e. The minimum atomic E-state index is 0.628. The van der Waals surface area contributed by atoms with E-state index in [0.29, 0.717) is 6.04 Å². The lowest BCUT2D eigenvalue weighted by atomic mass is 9.91. The fourth-order valence-electron chi connectivity index (χ4n) is 1.64. The molecule has 1 aliphatic rings. The molecule has 1 atom stereocenters. The average molecular weight is 153 g/mol. The highest BCUT2D eigenvalue weighted by molar-refractivity contribution is 5.07. The third kappa shape index (κ3) is 2.66. The Morgan fingerprint density at radius 3 is 3.00 bits per heavy atom. The van der Waals surface area contributed by atoms with Gasteiger partial charge in [-0.15, -0.1) is 0 Å². The molecule has 1 nitrogen and oxygen atoms in total. The molecule has 0 spiro atoms. The van der Waals surface area contributed by atoms with E-state index in [9.17, 15) is 0 Å². The summed E-state index contributed by atoms with van der Waals surface area (Å²) in [4.78, 5) is 0. The van der Waals surface area contributed by atoms with Crippen LogP contribution in [0, 0.1) is 0 Å². The SMILES string of the molecule is C=C1CCCCC1NCCC. The van der Waals surface area contributed by atoms with Crippen molar-refractivity contribution in [3.05, 3.63) is 12.2 Å². The molecule has 0 aliphatic heterocycles. The molecule has 1 heteroatoms. The van der Waals surface area contributed by atoms with Crippen LogP contribution >= 0.6 is 0 Å². The van der Waals surface area contributed by atoms with Crippen LogP contribution in [-0.2, 0) is 0 Å². The molecular weight excluding hydrogens is 134 g/mol. The highest BCUT2D eigenvalue weighted by atomic mass is 14.9. The van der Waals surface area contributed by atoms with Crippen LogP contribution in [0.4, 0.5) is 0 Å². The summed E-state index contributed by atoms with van der Waals surface area (Å²) in [5.74, 6) is 0. The fourth-order valence-corrected chi connectivity index (χ4v) is 1.64. The van der Waals surface area contributed by atoms with E-state index < -0.39 is 0 Å². The maximum atomic E-state index is 4.09. The quantitative estimate of drug-likeness (QED) is 0.614. The van der Waals surface area contributed by atoms with Crippen molar-refractivity contribution >= 4 is 0 Å². The molecule has 1 fully saturated rings. The summed E-state index contributed by atoms with van der Waals surface area (Å²) in [6, 6.07) is 0.628. The van der Waals surface area contributed by atoms with E-state index in [4.69, 9.17) is 0 Å². The highest BCUT2D eigenvalue weighted by Gasteiger charge is 2.15. The molecule has 1 N–H and O–H groups in total. The molecule has 0 bridgehead atoms. The molecule has 64 valence electrons. The Morgan fingerprint density at radius 1 is 1.55 bits per heavy atom. The van der Waals surface area contributed by atoms with Crippen LogP contribution < -0.4 is 5.32 Å². The van der Waals surface area contributed by atoms with Crippen LogP contribution in [0.5, 0.6) is 0 Å². The average Bonchev–Trinajstić information content (AvgIpc) is 2.03. The van der Waals surface area contributed by atoms with Gasteiger partial charge in [0.25, 0.3) is 0 Å². The Kier molecular flexibility index (Phi) is 3.64. The predicted octanol–water partition coefficient (Wildman–Crippen LogP) is 2.48. The van der Waals surface area contributed by atoms with Gasteiger partial charge in [-0.2, -0.15) is 0 Å². The Labute approximate surface area is 69.9 Å². The maximum Gasteiger partial charge on any atom is 0.0276 e. The first kappa shape index (κ1) is 8.79. The van der Waals surface area contributed by atoms with E-state index >= 15 is 0 Å². The second-order valence-electron chi connectivity index (χ2n) is 3.41. The van der Waals surface area contributed by atoms with Crippen LogP contribution in [0.1, 0.15) is 39.0 Å². The predicted molar refractivity (Wildman–Crippen MR) is 49.7 cm³/mol. The van der Waals surface area contributed by atoms with Crippen LogP contribution in [0.2, 0.25) is 0 Å². The molecule has 1 rings (SSSR count). The summed E-state index contributed by atoms with van der Waals surface area (Å²) < 4.78 is 0. The topological polar surface area (TPSA) is 12.0 Å². The number of rotatable bonds is 3. The Bertz CT molecular complexity index is 129. The lowest BCUT2D eigenvalue weighted by molar-refractivity contribution is 0.455. The summed E-state index contributed by atoms with van der Waals surface area (Å²) in [5.41, 5.74) is 1.42. The molecule has 0 amide bonds. The van der Waals surface area contributed by atoms with Crippen molar-refractivity contribution in [3.63, 3.8) is 0 Å². The Morgan fingerprint density at radius 2 is 2.36 bits per heavy atom. The Hall–Kier alpha value is -0.300. The van der Waals surface area contributed by atoms with Gasteiger partial charge in [0.2, 0.25) is 0 Å². The molecular formula is C10H19N. The normalized spacial score (nSPS) is 25.5. The lowest BCUT2D eigenvalue weighted by Crippen LogP contribution is -2.33. The highest BCUT2D eigenvalue weighted by Crippen LogP contribution is 2.21. The van der Waals surface area contributed by atoms with Gasteiger partial charge in [-0.1, -0.05) is 25.5 Å².